The fourth-order valence-electron chi connectivity index (χ4n) is 0.969. The van der Waals surface area contributed by atoms with Crippen molar-refractivity contribution in [2.45, 2.75) is 17.7 Å². The minimum absolute atomic E-state index is 0. The highest BCUT2D eigenvalue weighted by Gasteiger charge is 2.33. The van der Waals surface area contributed by atoms with Crippen LogP contribution in [0.5, 0.6) is 0 Å². The maximum absolute atomic E-state index is 5.95. The molecule has 1 nitrogen and oxygen atoms in total. The molecule has 0 spiro atoms. The highest BCUT2D eigenvalue weighted by molar-refractivity contribution is 6.48. The van der Waals surface area contributed by atoms with E-state index >= 15 is 0 Å². The standard InChI is InChI=1S/C6H11Cl2N.ClH/c1-5-4-9-3-2-6(5,7)8;/h5,9H,2-4H2,1H3;1H. The second-order valence-corrected chi connectivity index (χ2v) is 4.16. The van der Waals surface area contributed by atoms with Crippen LogP contribution >= 0.6 is 35.6 Å². The first-order valence-electron chi connectivity index (χ1n) is 3.21. The zero-order chi connectivity index (χ0) is 6.91. The highest BCUT2D eigenvalue weighted by Crippen LogP contribution is 2.35. The molecule has 1 atom stereocenters. The predicted octanol–water partition coefficient (Wildman–Crippen LogP) is 2.21. The molecule has 62 valence electrons. The Balaban J connectivity index is 0.000000810. The van der Waals surface area contributed by atoms with E-state index in [1.54, 1.807) is 0 Å². The summed E-state index contributed by atoms with van der Waals surface area (Å²) in [5.74, 6) is 0.370. The molecule has 0 aromatic rings. The van der Waals surface area contributed by atoms with Crippen molar-refractivity contribution in [1.82, 2.24) is 5.32 Å². The van der Waals surface area contributed by atoms with E-state index in [1.165, 1.54) is 0 Å². The summed E-state index contributed by atoms with van der Waals surface area (Å²) in [7, 11) is 0. The van der Waals surface area contributed by atoms with E-state index in [0.717, 1.165) is 19.5 Å². The smallest absolute Gasteiger partial charge is 0.123 e. The van der Waals surface area contributed by atoms with Gasteiger partial charge in [-0.2, -0.15) is 0 Å². The van der Waals surface area contributed by atoms with Crippen molar-refractivity contribution >= 4 is 35.6 Å². The molecule has 0 aromatic carbocycles. The van der Waals surface area contributed by atoms with Gasteiger partial charge >= 0.3 is 0 Å². The van der Waals surface area contributed by atoms with E-state index in [4.69, 9.17) is 23.2 Å². The van der Waals surface area contributed by atoms with Crippen LogP contribution in [0, 0.1) is 5.92 Å². The van der Waals surface area contributed by atoms with Gasteiger partial charge in [0.25, 0.3) is 0 Å². The lowest BCUT2D eigenvalue weighted by molar-refractivity contribution is 0.381. The Morgan fingerprint density at radius 3 is 2.40 bits per heavy atom. The normalized spacial score (nSPS) is 30.9. The molecule has 0 saturated carbocycles. The predicted molar refractivity (Wildman–Crippen MR) is 48.3 cm³/mol. The monoisotopic (exact) mass is 203 g/mol. The van der Waals surface area contributed by atoms with Crippen LogP contribution in [0.1, 0.15) is 13.3 Å². The lowest BCUT2D eigenvalue weighted by atomic mass is 10.0. The van der Waals surface area contributed by atoms with Gasteiger partial charge in [-0.1, -0.05) is 6.92 Å². The lowest BCUT2D eigenvalue weighted by Gasteiger charge is -2.31. The van der Waals surface area contributed by atoms with Crippen molar-refractivity contribution in [3.05, 3.63) is 0 Å². The molecule has 4 heteroatoms. The summed E-state index contributed by atoms with van der Waals surface area (Å²) in [5.41, 5.74) is 0. The first-order chi connectivity index (χ1) is 4.13. The fourth-order valence-corrected chi connectivity index (χ4v) is 1.31. The Bertz CT molecular complexity index is 105. The number of hydrogen-bond acceptors (Lipinski definition) is 1. The molecule has 1 aliphatic rings. The fraction of sp³-hybridized carbons (Fsp3) is 1.00. The zero-order valence-electron chi connectivity index (χ0n) is 5.86. The van der Waals surface area contributed by atoms with Crippen LogP contribution < -0.4 is 5.32 Å². The van der Waals surface area contributed by atoms with Crippen molar-refractivity contribution in [3.8, 4) is 0 Å². The van der Waals surface area contributed by atoms with Gasteiger partial charge < -0.3 is 5.32 Å². The summed E-state index contributed by atoms with van der Waals surface area (Å²) < 4.78 is -0.481. The second-order valence-electron chi connectivity index (χ2n) is 2.62. The Labute approximate surface area is 77.9 Å². The maximum Gasteiger partial charge on any atom is 0.123 e. The molecule has 1 rings (SSSR count). The highest BCUT2D eigenvalue weighted by atomic mass is 35.5. The molecule has 1 unspecified atom stereocenters. The van der Waals surface area contributed by atoms with Crippen molar-refractivity contribution in [2.24, 2.45) is 5.92 Å². The van der Waals surface area contributed by atoms with Crippen LogP contribution in [0.25, 0.3) is 0 Å². The van der Waals surface area contributed by atoms with Crippen LogP contribution in [0.4, 0.5) is 0 Å². The molecule has 0 bridgehead atoms. The van der Waals surface area contributed by atoms with Gasteiger partial charge in [-0.25, -0.2) is 0 Å². The van der Waals surface area contributed by atoms with E-state index < -0.39 is 4.33 Å². The molecule has 1 fully saturated rings. The number of halogens is 3. The van der Waals surface area contributed by atoms with Crippen molar-refractivity contribution in [3.63, 3.8) is 0 Å². The maximum atomic E-state index is 5.95. The molecule has 0 aromatic heterocycles. The van der Waals surface area contributed by atoms with Gasteiger partial charge in [0.1, 0.15) is 4.33 Å². The van der Waals surface area contributed by atoms with Crippen LogP contribution in [0.3, 0.4) is 0 Å². The van der Waals surface area contributed by atoms with Crippen LogP contribution in [-0.4, -0.2) is 17.4 Å². The Morgan fingerprint density at radius 2 is 2.10 bits per heavy atom. The van der Waals surface area contributed by atoms with Gasteiger partial charge in [0.15, 0.2) is 0 Å². The number of alkyl halides is 2. The van der Waals surface area contributed by atoms with E-state index in [-0.39, 0.29) is 12.4 Å². The third kappa shape index (κ3) is 2.46. The molecule has 10 heavy (non-hydrogen) atoms. The zero-order valence-corrected chi connectivity index (χ0v) is 8.19. The number of nitrogens with one attached hydrogen (secondary N) is 1. The first-order valence-corrected chi connectivity index (χ1v) is 3.97. The second kappa shape index (κ2) is 4.01. The summed E-state index contributed by atoms with van der Waals surface area (Å²) in [6.45, 7) is 3.94. The molecule has 0 aliphatic carbocycles. The summed E-state index contributed by atoms with van der Waals surface area (Å²) in [5, 5.41) is 3.22. The van der Waals surface area contributed by atoms with Crippen LogP contribution in [0.15, 0.2) is 0 Å². The minimum Gasteiger partial charge on any atom is -0.316 e. The van der Waals surface area contributed by atoms with E-state index in [0.29, 0.717) is 5.92 Å². The van der Waals surface area contributed by atoms with Crippen molar-refractivity contribution in [2.75, 3.05) is 13.1 Å². The molecule has 1 N–H and O–H groups in total. The van der Waals surface area contributed by atoms with Crippen molar-refractivity contribution < 1.29 is 0 Å². The van der Waals surface area contributed by atoms with Gasteiger partial charge in [0.05, 0.1) is 0 Å². The average molecular weight is 205 g/mol. The third-order valence-electron chi connectivity index (χ3n) is 1.81. The quantitative estimate of drug-likeness (QED) is 0.597. The van der Waals surface area contributed by atoms with E-state index in [9.17, 15) is 0 Å². The SMILES string of the molecule is CC1CNCCC1(Cl)Cl.Cl. The summed E-state index contributed by atoms with van der Waals surface area (Å²) in [6, 6.07) is 0. The molecule has 1 saturated heterocycles. The Kier molecular flexibility index (Phi) is 4.34. The number of rotatable bonds is 0. The summed E-state index contributed by atoms with van der Waals surface area (Å²) >= 11 is 11.9. The summed E-state index contributed by atoms with van der Waals surface area (Å²) in [6.07, 6.45) is 0.858. The largest absolute Gasteiger partial charge is 0.316 e. The average Bonchev–Trinajstić information content (AvgIpc) is 1.77. The molecule has 0 amide bonds. The van der Waals surface area contributed by atoms with Gasteiger partial charge in [-0.3, -0.25) is 0 Å². The lowest BCUT2D eigenvalue weighted by Crippen LogP contribution is -2.41. The van der Waals surface area contributed by atoms with Crippen LogP contribution in [-0.2, 0) is 0 Å². The topological polar surface area (TPSA) is 12.0 Å². The minimum atomic E-state index is -0.481. The molecular formula is C6H12Cl3N. The number of piperidine rings is 1. The Hall–Kier alpha value is 0.830. The van der Waals surface area contributed by atoms with Gasteiger partial charge in [0.2, 0.25) is 0 Å². The molecule has 0 radical (unpaired) electrons. The van der Waals surface area contributed by atoms with Gasteiger partial charge in [0, 0.05) is 12.5 Å². The van der Waals surface area contributed by atoms with Crippen molar-refractivity contribution in [1.29, 1.82) is 0 Å². The molecule has 1 heterocycles. The first kappa shape index (κ1) is 10.8. The Morgan fingerprint density at radius 1 is 1.50 bits per heavy atom. The van der Waals surface area contributed by atoms with E-state index in [1.807, 2.05) is 0 Å². The summed E-state index contributed by atoms with van der Waals surface area (Å²) in [4.78, 5) is 0. The number of hydrogen-bond donors (Lipinski definition) is 1. The van der Waals surface area contributed by atoms with Crippen LogP contribution in [0.2, 0.25) is 0 Å². The molecule has 1 aliphatic heterocycles. The van der Waals surface area contributed by atoms with Gasteiger partial charge in [-0.05, 0) is 13.0 Å². The van der Waals surface area contributed by atoms with Gasteiger partial charge in [-0.15, -0.1) is 35.6 Å². The molecular weight excluding hydrogens is 192 g/mol. The van der Waals surface area contributed by atoms with E-state index in [2.05, 4.69) is 12.2 Å². The third-order valence-corrected chi connectivity index (χ3v) is 2.93.